The predicted molar refractivity (Wildman–Crippen MR) is 104 cm³/mol. The fourth-order valence-electron chi connectivity index (χ4n) is 3.39. The van der Waals surface area contributed by atoms with Crippen LogP contribution >= 0.6 is 0 Å². The van der Waals surface area contributed by atoms with Crippen LogP contribution in [0.3, 0.4) is 0 Å². The first-order valence-corrected chi connectivity index (χ1v) is 9.28. The van der Waals surface area contributed by atoms with E-state index in [1.165, 1.54) is 36.9 Å². The van der Waals surface area contributed by atoms with E-state index in [0.29, 0.717) is 17.8 Å². The van der Waals surface area contributed by atoms with E-state index in [2.05, 4.69) is 69.7 Å². The average Bonchev–Trinajstić information content (AvgIpc) is 3.12. The van der Waals surface area contributed by atoms with E-state index >= 15 is 0 Å². The Bertz CT molecular complexity index is 692. The summed E-state index contributed by atoms with van der Waals surface area (Å²) in [6.45, 7) is 8.48. The van der Waals surface area contributed by atoms with Gasteiger partial charge >= 0.3 is 0 Å². The Balaban J connectivity index is 1.71. The maximum Gasteiger partial charge on any atom is 0.244 e. The third-order valence-electron chi connectivity index (χ3n) is 4.85. The maximum atomic E-state index is 4.56. The lowest BCUT2D eigenvalue weighted by Gasteiger charge is -2.22. The Morgan fingerprint density at radius 1 is 1.16 bits per heavy atom. The number of aryl methyl sites for hydroxylation is 1. The van der Waals surface area contributed by atoms with Gasteiger partial charge in [-0.05, 0) is 57.4 Å². The topological polar surface area (TPSA) is 66.0 Å². The summed E-state index contributed by atoms with van der Waals surface area (Å²) in [5, 5.41) is 14.9. The second kappa shape index (κ2) is 8.14. The summed E-state index contributed by atoms with van der Waals surface area (Å²) in [5.41, 5.74) is 3.48. The zero-order chi connectivity index (χ0) is 17.6. The number of nitrogens with one attached hydrogen (secondary N) is 2. The molecule has 2 N–H and O–H groups in total. The Morgan fingerprint density at radius 2 is 1.92 bits per heavy atom. The lowest BCUT2D eigenvalue weighted by molar-refractivity contribution is 0.738. The van der Waals surface area contributed by atoms with Gasteiger partial charge < -0.3 is 15.5 Å². The third kappa shape index (κ3) is 4.38. The summed E-state index contributed by atoms with van der Waals surface area (Å²) < 4.78 is 0. The van der Waals surface area contributed by atoms with Crippen LogP contribution in [0.1, 0.15) is 45.1 Å². The van der Waals surface area contributed by atoms with E-state index in [-0.39, 0.29) is 0 Å². The molecule has 134 valence electrons. The van der Waals surface area contributed by atoms with Crippen molar-refractivity contribution in [2.75, 3.05) is 28.6 Å². The molecule has 25 heavy (non-hydrogen) atoms. The fraction of sp³-hybridized carbons (Fsp3) is 0.526. The number of nitrogens with zero attached hydrogens (tertiary/aromatic N) is 4. The molecule has 1 aromatic heterocycles. The summed E-state index contributed by atoms with van der Waals surface area (Å²) in [7, 11) is 0. The molecule has 0 aliphatic heterocycles. The second-order valence-corrected chi connectivity index (χ2v) is 6.59. The number of hydrogen-bond acceptors (Lipinski definition) is 6. The van der Waals surface area contributed by atoms with Crippen molar-refractivity contribution in [3.63, 3.8) is 0 Å². The average molecular weight is 340 g/mol. The van der Waals surface area contributed by atoms with Gasteiger partial charge in [-0.1, -0.05) is 12.8 Å². The highest BCUT2D eigenvalue weighted by atomic mass is 15.3. The molecule has 6 heteroatoms. The summed E-state index contributed by atoms with van der Waals surface area (Å²) in [5.74, 6) is 1.32. The van der Waals surface area contributed by atoms with Crippen LogP contribution in [0.25, 0.3) is 0 Å². The van der Waals surface area contributed by atoms with Crippen molar-refractivity contribution in [2.24, 2.45) is 0 Å². The van der Waals surface area contributed by atoms with E-state index in [0.717, 1.165) is 18.8 Å². The van der Waals surface area contributed by atoms with Crippen molar-refractivity contribution in [2.45, 2.75) is 52.5 Å². The van der Waals surface area contributed by atoms with Crippen LogP contribution in [0.15, 0.2) is 24.4 Å². The Morgan fingerprint density at radius 3 is 2.60 bits per heavy atom. The van der Waals surface area contributed by atoms with Crippen molar-refractivity contribution in [3.8, 4) is 0 Å². The maximum absolute atomic E-state index is 4.56. The Kier molecular flexibility index (Phi) is 5.68. The second-order valence-electron chi connectivity index (χ2n) is 6.59. The standard InChI is InChI=1S/C19H28N6/c1-4-25(5-2)16-10-11-17(14(3)12-16)22-18-13-20-24-19(23-18)21-15-8-6-7-9-15/h10-13,15H,4-9H2,1-3H3,(H2,21,22,23,24). The molecule has 3 rings (SSSR count). The van der Waals surface area contributed by atoms with Crippen LogP contribution in [0.2, 0.25) is 0 Å². The van der Waals surface area contributed by atoms with Crippen molar-refractivity contribution in [3.05, 3.63) is 30.0 Å². The zero-order valence-electron chi connectivity index (χ0n) is 15.4. The minimum Gasteiger partial charge on any atom is -0.372 e. The summed E-state index contributed by atoms with van der Waals surface area (Å²) >= 11 is 0. The first-order chi connectivity index (χ1) is 12.2. The van der Waals surface area contributed by atoms with E-state index in [1.807, 2.05) is 0 Å². The number of rotatable bonds is 7. The van der Waals surface area contributed by atoms with Gasteiger partial charge in [0.2, 0.25) is 5.95 Å². The first-order valence-electron chi connectivity index (χ1n) is 9.28. The van der Waals surface area contributed by atoms with Crippen molar-refractivity contribution in [1.82, 2.24) is 15.2 Å². The van der Waals surface area contributed by atoms with Crippen molar-refractivity contribution >= 4 is 23.1 Å². The van der Waals surface area contributed by atoms with Gasteiger partial charge in [-0.2, -0.15) is 10.1 Å². The highest BCUT2D eigenvalue weighted by molar-refractivity contribution is 5.65. The highest BCUT2D eigenvalue weighted by Gasteiger charge is 2.16. The van der Waals surface area contributed by atoms with Gasteiger partial charge in [0.1, 0.15) is 0 Å². The summed E-state index contributed by atoms with van der Waals surface area (Å²) in [4.78, 5) is 6.90. The molecule has 1 saturated carbocycles. The van der Waals surface area contributed by atoms with Crippen LogP contribution in [0.4, 0.5) is 23.1 Å². The largest absolute Gasteiger partial charge is 0.372 e. The van der Waals surface area contributed by atoms with Gasteiger partial charge in [0.15, 0.2) is 5.82 Å². The lowest BCUT2D eigenvalue weighted by Crippen LogP contribution is -2.21. The molecular weight excluding hydrogens is 312 g/mol. The minimum absolute atomic E-state index is 0.479. The molecular formula is C19H28N6. The minimum atomic E-state index is 0.479. The van der Waals surface area contributed by atoms with E-state index in [4.69, 9.17) is 0 Å². The summed E-state index contributed by atoms with van der Waals surface area (Å²) in [6, 6.07) is 6.94. The van der Waals surface area contributed by atoms with Crippen molar-refractivity contribution < 1.29 is 0 Å². The number of anilines is 4. The smallest absolute Gasteiger partial charge is 0.244 e. The van der Waals surface area contributed by atoms with Crippen molar-refractivity contribution in [1.29, 1.82) is 0 Å². The van der Waals surface area contributed by atoms with Gasteiger partial charge in [0, 0.05) is 30.5 Å². The highest BCUT2D eigenvalue weighted by Crippen LogP contribution is 2.25. The van der Waals surface area contributed by atoms with Crippen LogP contribution < -0.4 is 15.5 Å². The Labute approximate surface area is 150 Å². The normalized spacial score (nSPS) is 14.5. The van der Waals surface area contributed by atoms with Gasteiger partial charge in [0.25, 0.3) is 0 Å². The van der Waals surface area contributed by atoms with Crippen LogP contribution in [0, 0.1) is 6.92 Å². The third-order valence-corrected chi connectivity index (χ3v) is 4.85. The molecule has 0 spiro atoms. The van der Waals surface area contributed by atoms with E-state index in [9.17, 15) is 0 Å². The monoisotopic (exact) mass is 340 g/mol. The number of benzene rings is 1. The van der Waals surface area contributed by atoms with Crippen LogP contribution in [-0.2, 0) is 0 Å². The molecule has 1 aromatic carbocycles. The van der Waals surface area contributed by atoms with Crippen LogP contribution in [-0.4, -0.2) is 34.3 Å². The van der Waals surface area contributed by atoms with Gasteiger partial charge in [-0.3, -0.25) is 0 Å². The van der Waals surface area contributed by atoms with Gasteiger partial charge in [-0.25, -0.2) is 0 Å². The van der Waals surface area contributed by atoms with Gasteiger partial charge in [0.05, 0.1) is 6.20 Å². The molecule has 1 aliphatic rings. The Hall–Kier alpha value is -2.37. The molecule has 1 heterocycles. The lowest BCUT2D eigenvalue weighted by atomic mass is 10.1. The molecule has 1 fully saturated rings. The molecule has 6 nitrogen and oxygen atoms in total. The molecule has 0 unspecified atom stereocenters. The molecule has 0 amide bonds. The quantitative estimate of drug-likeness (QED) is 0.790. The molecule has 0 bridgehead atoms. The fourth-order valence-corrected chi connectivity index (χ4v) is 3.39. The molecule has 0 saturated heterocycles. The van der Waals surface area contributed by atoms with E-state index in [1.54, 1.807) is 6.20 Å². The summed E-state index contributed by atoms with van der Waals surface area (Å²) in [6.07, 6.45) is 6.60. The zero-order valence-corrected chi connectivity index (χ0v) is 15.4. The molecule has 1 aliphatic carbocycles. The van der Waals surface area contributed by atoms with E-state index < -0.39 is 0 Å². The predicted octanol–water partition coefficient (Wildman–Crippen LogP) is 4.12. The van der Waals surface area contributed by atoms with Gasteiger partial charge in [-0.15, -0.1) is 5.10 Å². The first kappa shape index (κ1) is 17.5. The number of aromatic nitrogens is 3. The molecule has 0 radical (unpaired) electrons. The number of hydrogen-bond donors (Lipinski definition) is 2. The van der Waals surface area contributed by atoms with Crippen LogP contribution in [0.5, 0.6) is 0 Å². The molecule has 0 atom stereocenters. The molecule has 2 aromatic rings. The SMILES string of the molecule is CCN(CC)c1ccc(Nc2cnnc(NC3CCCC3)n2)c(C)c1.